The van der Waals surface area contributed by atoms with E-state index in [1.165, 1.54) is 0 Å². The Morgan fingerprint density at radius 2 is 1.63 bits per heavy atom. The Labute approximate surface area is 159 Å². The van der Waals surface area contributed by atoms with Crippen LogP contribution in [0.3, 0.4) is 0 Å². The first-order chi connectivity index (χ1) is 13.2. The molecule has 1 heterocycles. The monoisotopic (exact) mass is 367 g/mol. The van der Waals surface area contributed by atoms with Crippen molar-refractivity contribution in [2.24, 2.45) is 0 Å². The molecule has 0 aromatic heterocycles. The molecule has 27 heavy (non-hydrogen) atoms. The number of nitrogens with one attached hydrogen (secondary N) is 2. The van der Waals surface area contributed by atoms with Crippen LogP contribution in [-0.4, -0.2) is 44.7 Å². The fraction of sp³-hybridized carbons (Fsp3) is 0.333. The minimum atomic E-state index is -0.233. The van der Waals surface area contributed by atoms with Gasteiger partial charge in [-0.2, -0.15) is 0 Å². The molecule has 0 spiro atoms. The van der Waals surface area contributed by atoms with E-state index in [2.05, 4.69) is 15.5 Å². The van der Waals surface area contributed by atoms with Crippen molar-refractivity contribution in [2.45, 2.75) is 12.8 Å². The van der Waals surface area contributed by atoms with Crippen LogP contribution in [0.15, 0.2) is 54.6 Å². The van der Waals surface area contributed by atoms with Gasteiger partial charge in [0, 0.05) is 19.5 Å². The second kappa shape index (κ2) is 9.73. The van der Waals surface area contributed by atoms with Crippen LogP contribution in [0.2, 0.25) is 0 Å². The summed E-state index contributed by atoms with van der Waals surface area (Å²) in [6, 6.07) is 17.5. The predicted molar refractivity (Wildman–Crippen MR) is 106 cm³/mol. The molecule has 1 fully saturated rings. The van der Waals surface area contributed by atoms with Crippen molar-refractivity contribution >= 4 is 23.2 Å². The molecule has 0 aliphatic carbocycles. The van der Waals surface area contributed by atoms with Crippen LogP contribution in [0.25, 0.3) is 0 Å². The van der Waals surface area contributed by atoms with Crippen molar-refractivity contribution in [3.8, 4) is 0 Å². The van der Waals surface area contributed by atoms with Gasteiger partial charge >= 0.3 is 0 Å². The number of carbonyl (C=O) groups is 2. The fourth-order valence-electron chi connectivity index (χ4n) is 3.02. The molecular formula is C21H25N3O3. The molecule has 0 saturated carbocycles. The molecule has 0 bridgehead atoms. The number of aryl methyl sites for hydroxylation is 1. The van der Waals surface area contributed by atoms with E-state index >= 15 is 0 Å². The molecule has 0 atom stereocenters. The summed E-state index contributed by atoms with van der Waals surface area (Å²) in [4.78, 5) is 26.4. The van der Waals surface area contributed by atoms with Gasteiger partial charge in [0.15, 0.2) is 0 Å². The average Bonchev–Trinajstić information content (AvgIpc) is 2.72. The van der Waals surface area contributed by atoms with Crippen LogP contribution >= 0.6 is 0 Å². The van der Waals surface area contributed by atoms with Crippen LogP contribution < -0.4 is 15.5 Å². The van der Waals surface area contributed by atoms with Crippen molar-refractivity contribution in [3.05, 3.63) is 60.2 Å². The van der Waals surface area contributed by atoms with Crippen molar-refractivity contribution in [3.63, 3.8) is 0 Å². The highest BCUT2D eigenvalue weighted by Gasteiger charge is 2.16. The Balaban J connectivity index is 1.47. The molecule has 6 heteroatoms. The molecule has 1 aliphatic heterocycles. The van der Waals surface area contributed by atoms with Crippen molar-refractivity contribution in [1.29, 1.82) is 0 Å². The van der Waals surface area contributed by atoms with Crippen molar-refractivity contribution in [2.75, 3.05) is 43.1 Å². The maximum atomic E-state index is 12.3. The van der Waals surface area contributed by atoms with E-state index in [1.54, 1.807) is 0 Å². The minimum Gasteiger partial charge on any atom is -0.378 e. The fourth-order valence-corrected chi connectivity index (χ4v) is 3.02. The molecule has 2 aromatic rings. The first kappa shape index (κ1) is 18.9. The van der Waals surface area contributed by atoms with Gasteiger partial charge in [-0.05, 0) is 24.1 Å². The predicted octanol–water partition coefficient (Wildman–Crippen LogP) is 2.21. The summed E-state index contributed by atoms with van der Waals surface area (Å²) >= 11 is 0. The Hall–Kier alpha value is -2.86. The first-order valence-corrected chi connectivity index (χ1v) is 9.24. The van der Waals surface area contributed by atoms with E-state index in [4.69, 9.17) is 4.74 Å². The summed E-state index contributed by atoms with van der Waals surface area (Å²) in [6.45, 7) is 2.91. The second-order valence-electron chi connectivity index (χ2n) is 6.43. The Morgan fingerprint density at radius 3 is 2.41 bits per heavy atom. The van der Waals surface area contributed by atoms with Crippen molar-refractivity contribution < 1.29 is 14.3 Å². The quantitative estimate of drug-likeness (QED) is 0.787. The number of nitrogens with zero attached hydrogens (tertiary/aromatic N) is 1. The highest BCUT2D eigenvalue weighted by atomic mass is 16.5. The van der Waals surface area contributed by atoms with Crippen LogP contribution in [0.4, 0.5) is 11.4 Å². The van der Waals surface area contributed by atoms with Gasteiger partial charge in [0.1, 0.15) is 0 Å². The number of anilines is 2. The second-order valence-corrected chi connectivity index (χ2v) is 6.43. The van der Waals surface area contributed by atoms with Crippen LogP contribution in [0, 0.1) is 0 Å². The number of ether oxygens (including phenoxy) is 1. The zero-order valence-electron chi connectivity index (χ0n) is 15.3. The normalized spacial score (nSPS) is 13.9. The number of morpholine rings is 1. The first-order valence-electron chi connectivity index (χ1n) is 9.24. The molecule has 0 radical (unpaired) electrons. The summed E-state index contributed by atoms with van der Waals surface area (Å²) in [5, 5.41) is 5.59. The lowest BCUT2D eigenvalue weighted by atomic mass is 10.1. The summed E-state index contributed by atoms with van der Waals surface area (Å²) in [6.07, 6.45) is 1.02. The average molecular weight is 367 g/mol. The van der Waals surface area contributed by atoms with E-state index in [1.807, 2.05) is 54.6 Å². The third-order valence-electron chi connectivity index (χ3n) is 4.46. The smallest absolute Gasteiger partial charge is 0.243 e. The number of para-hydroxylation sites is 2. The molecule has 6 nitrogen and oxygen atoms in total. The van der Waals surface area contributed by atoms with Gasteiger partial charge in [0.25, 0.3) is 0 Å². The Bertz CT molecular complexity index is 758. The van der Waals surface area contributed by atoms with Gasteiger partial charge < -0.3 is 20.3 Å². The minimum absolute atomic E-state index is 0.0366. The number of hydrogen-bond acceptors (Lipinski definition) is 4. The molecule has 2 N–H and O–H groups in total. The molecule has 1 aliphatic rings. The van der Waals surface area contributed by atoms with Crippen LogP contribution in [0.1, 0.15) is 12.0 Å². The number of rotatable bonds is 7. The molecule has 3 rings (SSSR count). The third kappa shape index (κ3) is 5.82. The zero-order valence-corrected chi connectivity index (χ0v) is 15.3. The SMILES string of the molecule is O=C(CCc1ccccc1)NCC(=O)Nc1ccccc1N1CCOCC1. The zero-order chi connectivity index (χ0) is 18.9. The van der Waals surface area contributed by atoms with Crippen LogP contribution in [0.5, 0.6) is 0 Å². The van der Waals surface area contributed by atoms with Gasteiger partial charge in [0.2, 0.25) is 11.8 Å². The Kier molecular flexibility index (Phi) is 6.82. The van der Waals surface area contributed by atoms with E-state index < -0.39 is 0 Å². The molecule has 1 saturated heterocycles. The number of carbonyl (C=O) groups excluding carboxylic acids is 2. The Morgan fingerprint density at radius 1 is 0.926 bits per heavy atom. The largest absolute Gasteiger partial charge is 0.378 e. The van der Waals surface area contributed by atoms with Gasteiger partial charge in [-0.15, -0.1) is 0 Å². The van der Waals surface area contributed by atoms with Gasteiger partial charge in [0.05, 0.1) is 31.1 Å². The van der Waals surface area contributed by atoms with E-state index in [0.29, 0.717) is 26.1 Å². The van der Waals surface area contributed by atoms with Crippen molar-refractivity contribution in [1.82, 2.24) is 5.32 Å². The summed E-state index contributed by atoms with van der Waals surface area (Å²) in [5.74, 6) is -0.362. The summed E-state index contributed by atoms with van der Waals surface area (Å²) in [5.41, 5.74) is 2.84. The topological polar surface area (TPSA) is 70.7 Å². The summed E-state index contributed by atoms with van der Waals surface area (Å²) < 4.78 is 5.39. The highest BCUT2D eigenvalue weighted by molar-refractivity contribution is 5.97. The summed E-state index contributed by atoms with van der Waals surface area (Å²) in [7, 11) is 0. The lowest BCUT2D eigenvalue weighted by molar-refractivity contribution is -0.124. The number of hydrogen-bond donors (Lipinski definition) is 2. The van der Waals surface area contributed by atoms with E-state index in [9.17, 15) is 9.59 Å². The van der Waals surface area contributed by atoms with E-state index in [-0.39, 0.29) is 18.4 Å². The molecule has 2 aromatic carbocycles. The highest BCUT2D eigenvalue weighted by Crippen LogP contribution is 2.26. The molecular weight excluding hydrogens is 342 g/mol. The lowest BCUT2D eigenvalue weighted by Gasteiger charge is -2.30. The standard InChI is InChI=1S/C21H25N3O3/c25-20(11-10-17-6-2-1-3-7-17)22-16-21(26)23-18-8-4-5-9-19(18)24-12-14-27-15-13-24/h1-9H,10-16H2,(H,22,25)(H,23,26). The number of benzene rings is 2. The third-order valence-corrected chi connectivity index (χ3v) is 4.46. The van der Waals surface area contributed by atoms with E-state index in [0.717, 1.165) is 30.0 Å². The number of amides is 2. The maximum absolute atomic E-state index is 12.3. The lowest BCUT2D eigenvalue weighted by Crippen LogP contribution is -2.37. The molecule has 142 valence electrons. The van der Waals surface area contributed by atoms with Crippen LogP contribution in [-0.2, 0) is 20.7 Å². The van der Waals surface area contributed by atoms with Gasteiger partial charge in [-0.1, -0.05) is 42.5 Å². The molecule has 0 unspecified atom stereocenters. The maximum Gasteiger partial charge on any atom is 0.243 e. The molecule has 2 amide bonds. The van der Waals surface area contributed by atoms with Gasteiger partial charge in [-0.25, -0.2) is 0 Å². The van der Waals surface area contributed by atoms with Gasteiger partial charge in [-0.3, -0.25) is 9.59 Å².